The minimum Gasteiger partial charge on any atom is -0.497 e. The molecule has 1 saturated heterocycles. The van der Waals surface area contributed by atoms with Crippen LogP contribution in [0.3, 0.4) is 0 Å². The molecule has 1 fully saturated rings. The summed E-state index contributed by atoms with van der Waals surface area (Å²) in [6.07, 6.45) is 2.45. The quantitative estimate of drug-likeness (QED) is 0.681. The smallest absolute Gasteiger partial charge is 0.261 e. The van der Waals surface area contributed by atoms with Gasteiger partial charge in [0.1, 0.15) is 23.4 Å². The average molecular weight is 413 g/mol. The van der Waals surface area contributed by atoms with Gasteiger partial charge in [-0.25, -0.2) is 0 Å². The van der Waals surface area contributed by atoms with Crippen LogP contribution in [0, 0.1) is 0 Å². The first-order valence-electron chi connectivity index (χ1n) is 10.6. The van der Waals surface area contributed by atoms with Gasteiger partial charge in [-0.1, -0.05) is 19.1 Å². The van der Waals surface area contributed by atoms with Crippen LogP contribution < -0.4 is 19.5 Å². The van der Waals surface area contributed by atoms with Gasteiger partial charge in [0.05, 0.1) is 7.11 Å². The maximum absolute atomic E-state index is 12.5. The molecule has 1 heterocycles. The van der Waals surface area contributed by atoms with Crippen molar-refractivity contribution in [3.8, 4) is 17.2 Å². The molecule has 2 aromatic carbocycles. The van der Waals surface area contributed by atoms with E-state index in [0.717, 1.165) is 43.0 Å². The maximum Gasteiger partial charge on any atom is 0.261 e. The summed E-state index contributed by atoms with van der Waals surface area (Å²) in [5, 5.41) is 2.96. The van der Waals surface area contributed by atoms with E-state index >= 15 is 0 Å². The van der Waals surface area contributed by atoms with E-state index < -0.39 is 6.10 Å². The summed E-state index contributed by atoms with van der Waals surface area (Å²) < 4.78 is 17.1. The fourth-order valence-electron chi connectivity index (χ4n) is 3.42. The Morgan fingerprint density at radius 2 is 1.63 bits per heavy atom. The number of piperidine rings is 1. The van der Waals surface area contributed by atoms with E-state index in [1.807, 2.05) is 43.3 Å². The zero-order valence-corrected chi connectivity index (χ0v) is 18.1. The lowest BCUT2D eigenvalue weighted by molar-refractivity contribution is -0.128. The topological polar surface area (TPSA) is 60.0 Å². The summed E-state index contributed by atoms with van der Waals surface area (Å²) in [4.78, 5) is 14.9. The van der Waals surface area contributed by atoms with Crippen molar-refractivity contribution >= 4 is 5.91 Å². The SMILES string of the molecule is CC[C@@H](Oc1ccc(OC)cc1)C(=O)NCc1ccc(OC2CCN(C)CC2)cc1. The van der Waals surface area contributed by atoms with E-state index in [4.69, 9.17) is 14.2 Å². The van der Waals surface area contributed by atoms with Gasteiger partial charge in [-0.15, -0.1) is 0 Å². The molecule has 1 N–H and O–H groups in total. The first-order chi connectivity index (χ1) is 14.6. The van der Waals surface area contributed by atoms with Gasteiger partial charge in [-0.2, -0.15) is 0 Å². The first-order valence-corrected chi connectivity index (χ1v) is 10.6. The number of rotatable bonds is 9. The lowest BCUT2D eigenvalue weighted by Gasteiger charge is -2.29. The van der Waals surface area contributed by atoms with Crippen molar-refractivity contribution in [3.63, 3.8) is 0 Å². The van der Waals surface area contributed by atoms with Crippen LogP contribution in [0.2, 0.25) is 0 Å². The summed E-state index contributed by atoms with van der Waals surface area (Å²) in [6, 6.07) is 15.2. The Balaban J connectivity index is 1.46. The minimum atomic E-state index is -0.537. The second-order valence-corrected chi connectivity index (χ2v) is 7.67. The van der Waals surface area contributed by atoms with Crippen molar-refractivity contribution in [2.75, 3.05) is 27.2 Å². The number of hydrogen-bond acceptors (Lipinski definition) is 5. The molecule has 1 aliphatic rings. The fraction of sp³-hybridized carbons (Fsp3) is 0.458. The second kappa shape index (κ2) is 10.9. The van der Waals surface area contributed by atoms with Crippen molar-refractivity contribution in [2.24, 2.45) is 0 Å². The van der Waals surface area contributed by atoms with Crippen molar-refractivity contribution < 1.29 is 19.0 Å². The van der Waals surface area contributed by atoms with Gasteiger partial charge in [0.15, 0.2) is 6.10 Å². The molecule has 0 bridgehead atoms. The third-order valence-electron chi connectivity index (χ3n) is 5.36. The van der Waals surface area contributed by atoms with Crippen LogP contribution >= 0.6 is 0 Å². The van der Waals surface area contributed by atoms with Crippen molar-refractivity contribution in [1.29, 1.82) is 0 Å². The maximum atomic E-state index is 12.5. The molecule has 30 heavy (non-hydrogen) atoms. The molecule has 1 amide bonds. The van der Waals surface area contributed by atoms with Crippen LogP contribution in [0.1, 0.15) is 31.7 Å². The Hall–Kier alpha value is -2.73. The van der Waals surface area contributed by atoms with Crippen LogP contribution in [0.15, 0.2) is 48.5 Å². The average Bonchev–Trinajstić information content (AvgIpc) is 2.78. The molecule has 0 saturated carbocycles. The number of likely N-dealkylation sites (tertiary alicyclic amines) is 1. The lowest BCUT2D eigenvalue weighted by Crippen LogP contribution is -2.37. The number of nitrogens with zero attached hydrogens (tertiary/aromatic N) is 1. The molecule has 3 rings (SSSR count). The number of amides is 1. The Labute approximate surface area is 179 Å². The third-order valence-corrected chi connectivity index (χ3v) is 5.36. The Bertz CT molecular complexity index is 784. The molecule has 6 nitrogen and oxygen atoms in total. The molecular formula is C24H32N2O4. The van der Waals surface area contributed by atoms with E-state index in [-0.39, 0.29) is 12.0 Å². The number of nitrogens with one attached hydrogen (secondary N) is 1. The van der Waals surface area contributed by atoms with Crippen LogP contribution in [0.4, 0.5) is 0 Å². The van der Waals surface area contributed by atoms with Gasteiger partial charge in [0, 0.05) is 19.6 Å². The highest BCUT2D eigenvalue weighted by atomic mass is 16.5. The van der Waals surface area contributed by atoms with E-state index in [1.165, 1.54) is 0 Å². The van der Waals surface area contributed by atoms with Crippen molar-refractivity contribution in [3.05, 3.63) is 54.1 Å². The molecule has 162 valence electrons. The molecule has 1 aliphatic heterocycles. The summed E-state index contributed by atoms with van der Waals surface area (Å²) >= 11 is 0. The zero-order chi connectivity index (χ0) is 21.3. The van der Waals surface area contributed by atoms with E-state index in [0.29, 0.717) is 18.7 Å². The van der Waals surface area contributed by atoms with E-state index in [2.05, 4.69) is 17.3 Å². The van der Waals surface area contributed by atoms with Crippen molar-refractivity contribution in [1.82, 2.24) is 10.2 Å². The van der Waals surface area contributed by atoms with Crippen LogP contribution in [0.5, 0.6) is 17.2 Å². The molecule has 6 heteroatoms. The highest BCUT2D eigenvalue weighted by Gasteiger charge is 2.19. The number of ether oxygens (including phenoxy) is 3. The standard InChI is InChI=1S/C24H32N2O4/c1-4-23(30-21-11-9-19(28-3)10-12-21)24(27)25-17-18-5-7-20(8-6-18)29-22-13-15-26(2)16-14-22/h5-12,22-23H,4,13-17H2,1-3H3,(H,25,27)/t23-/m1/s1. The molecule has 0 unspecified atom stereocenters. The summed E-state index contributed by atoms with van der Waals surface area (Å²) in [6.45, 7) is 4.54. The highest BCUT2D eigenvalue weighted by molar-refractivity contribution is 5.81. The first kappa shape index (κ1) is 22.0. The van der Waals surface area contributed by atoms with Crippen LogP contribution in [-0.4, -0.2) is 50.3 Å². The normalized spacial score (nSPS) is 16.0. The van der Waals surface area contributed by atoms with Gasteiger partial charge in [0.25, 0.3) is 5.91 Å². The zero-order valence-electron chi connectivity index (χ0n) is 18.1. The summed E-state index contributed by atoms with van der Waals surface area (Å²) in [5.41, 5.74) is 1.03. The third kappa shape index (κ3) is 6.39. The lowest BCUT2D eigenvalue weighted by atomic mass is 10.1. The monoisotopic (exact) mass is 412 g/mol. The number of carbonyl (C=O) groups is 1. The Kier molecular flexibility index (Phi) is 7.97. The van der Waals surface area contributed by atoms with Crippen molar-refractivity contribution in [2.45, 2.75) is 44.9 Å². The molecule has 0 aromatic heterocycles. The second-order valence-electron chi connectivity index (χ2n) is 7.67. The summed E-state index contributed by atoms with van der Waals surface area (Å²) in [7, 11) is 3.76. The van der Waals surface area contributed by atoms with Gasteiger partial charge >= 0.3 is 0 Å². The molecule has 0 spiro atoms. The van der Waals surface area contributed by atoms with Gasteiger partial charge in [-0.3, -0.25) is 4.79 Å². The number of carbonyl (C=O) groups excluding carboxylic acids is 1. The molecular weight excluding hydrogens is 380 g/mol. The molecule has 2 aromatic rings. The number of hydrogen-bond donors (Lipinski definition) is 1. The number of benzene rings is 2. The van der Waals surface area contributed by atoms with Crippen LogP contribution in [0.25, 0.3) is 0 Å². The van der Waals surface area contributed by atoms with Gasteiger partial charge in [0.2, 0.25) is 0 Å². The fourth-order valence-corrected chi connectivity index (χ4v) is 3.42. The van der Waals surface area contributed by atoms with E-state index in [9.17, 15) is 4.79 Å². The summed E-state index contributed by atoms with van der Waals surface area (Å²) in [5.74, 6) is 2.16. The molecule has 1 atom stereocenters. The van der Waals surface area contributed by atoms with Gasteiger partial charge < -0.3 is 24.4 Å². The van der Waals surface area contributed by atoms with Gasteiger partial charge in [-0.05, 0) is 68.3 Å². The Morgan fingerprint density at radius 1 is 1.03 bits per heavy atom. The predicted octanol–water partition coefficient (Wildman–Crippen LogP) is 3.64. The largest absolute Gasteiger partial charge is 0.497 e. The molecule has 0 radical (unpaired) electrons. The Morgan fingerprint density at radius 3 is 2.23 bits per heavy atom. The molecule has 0 aliphatic carbocycles. The van der Waals surface area contributed by atoms with Crippen LogP contribution in [-0.2, 0) is 11.3 Å². The predicted molar refractivity (Wildman–Crippen MR) is 117 cm³/mol. The number of methoxy groups -OCH3 is 1. The van der Waals surface area contributed by atoms with E-state index in [1.54, 1.807) is 19.2 Å². The minimum absolute atomic E-state index is 0.125. The highest BCUT2D eigenvalue weighted by Crippen LogP contribution is 2.20.